The van der Waals surface area contributed by atoms with Gasteiger partial charge in [-0.1, -0.05) is 12.1 Å². The van der Waals surface area contributed by atoms with Gasteiger partial charge in [-0.05, 0) is 51.3 Å². The zero-order valence-electron chi connectivity index (χ0n) is 13.2. The second-order valence-electron chi connectivity index (χ2n) is 6.06. The van der Waals surface area contributed by atoms with Crippen molar-refractivity contribution in [2.45, 2.75) is 39.7 Å². The monoisotopic (exact) mass is 295 g/mol. The van der Waals surface area contributed by atoms with E-state index in [0.29, 0.717) is 13.0 Å². The summed E-state index contributed by atoms with van der Waals surface area (Å²) < 4.78 is 5.31. The predicted octanol–water partition coefficient (Wildman–Crippen LogP) is 2.47. The number of aliphatic hydroxyl groups excluding tert-OH is 1. The summed E-state index contributed by atoms with van der Waals surface area (Å²) in [6.07, 6.45) is 0.153. The Bertz CT molecular complexity index is 480. The van der Waals surface area contributed by atoms with E-state index >= 15 is 0 Å². The average molecular weight is 295 g/mol. The number of phenols is 1. The number of carbonyl (C=O) groups excluding carboxylic acids is 1. The van der Waals surface area contributed by atoms with Crippen molar-refractivity contribution in [1.29, 1.82) is 0 Å². The van der Waals surface area contributed by atoms with E-state index in [1.807, 2.05) is 19.1 Å². The first kappa shape index (κ1) is 17.3. The van der Waals surface area contributed by atoms with Crippen LogP contribution in [0.2, 0.25) is 0 Å². The Hall–Kier alpha value is -1.75. The summed E-state index contributed by atoms with van der Waals surface area (Å²) in [5.74, 6) is 0.249. The lowest BCUT2D eigenvalue weighted by atomic mass is 10.1. The molecule has 1 aromatic carbocycles. The number of aromatic hydroxyl groups is 1. The number of aryl methyl sites for hydroxylation is 1. The molecule has 0 radical (unpaired) electrons. The molecule has 5 nitrogen and oxygen atoms in total. The van der Waals surface area contributed by atoms with Crippen LogP contribution < -0.4 is 0 Å². The molecular weight excluding hydrogens is 270 g/mol. The highest BCUT2D eigenvalue weighted by atomic mass is 16.6. The molecule has 0 unspecified atom stereocenters. The van der Waals surface area contributed by atoms with Crippen LogP contribution in [0.4, 0.5) is 4.79 Å². The van der Waals surface area contributed by atoms with Crippen LogP contribution in [0.1, 0.15) is 31.9 Å². The van der Waals surface area contributed by atoms with Crippen molar-refractivity contribution in [3.05, 3.63) is 29.3 Å². The first-order valence-corrected chi connectivity index (χ1v) is 7.10. The zero-order chi connectivity index (χ0) is 16.0. The van der Waals surface area contributed by atoms with Crippen molar-refractivity contribution >= 4 is 6.09 Å². The number of aliphatic hydroxyl groups is 1. The smallest absolute Gasteiger partial charge is 0.410 e. The molecule has 0 aliphatic heterocycles. The van der Waals surface area contributed by atoms with Crippen LogP contribution >= 0.6 is 0 Å². The second kappa shape index (κ2) is 7.31. The molecule has 21 heavy (non-hydrogen) atoms. The Balaban J connectivity index is 2.65. The zero-order valence-corrected chi connectivity index (χ0v) is 13.2. The van der Waals surface area contributed by atoms with E-state index in [9.17, 15) is 9.90 Å². The van der Waals surface area contributed by atoms with Gasteiger partial charge in [0, 0.05) is 13.1 Å². The van der Waals surface area contributed by atoms with E-state index in [4.69, 9.17) is 9.84 Å². The minimum Gasteiger partial charge on any atom is -0.508 e. The summed E-state index contributed by atoms with van der Waals surface area (Å²) in [6, 6.07) is 5.46. The van der Waals surface area contributed by atoms with Crippen molar-refractivity contribution in [2.75, 3.05) is 19.7 Å². The normalized spacial score (nSPS) is 11.3. The fourth-order valence-electron chi connectivity index (χ4n) is 1.82. The quantitative estimate of drug-likeness (QED) is 0.875. The molecule has 0 bridgehead atoms. The van der Waals surface area contributed by atoms with Gasteiger partial charge in [0.05, 0.1) is 6.61 Å². The van der Waals surface area contributed by atoms with Gasteiger partial charge in [-0.2, -0.15) is 0 Å². The molecule has 0 aliphatic rings. The van der Waals surface area contributed by atoms with Crippen molar-refractivity contribution in [3.8, 4) is 5.75 Å². The third-order valence-electron chi connectivity index (χ3n) is 2.97. The van der Waals surface area contributed by atoms with Crippen LogP contribution in [-0.4, -0.2) is 46.5 Å². The number of phenolic OH excluding ortho intramolecular Hbond substituents is 1. The summed E-state index contributed by atoms with van der Waals surface area (Å²) in [7, 11) is 0. The lowest BCUT2D eigenvalue weighted by Gasteiger charge is -2.27. The highest BCUT2D eigenvalue weighted by Crippen LogP contribution is 2.18. The van der Waals surface area contributed by atoms with Gasteiger partial charge in [-0.3, -0.25) is 0 Å². The molecule has 0 heterocycles. The summed E-state index contributed by atoms with van der Waals surface area (Å²) in [6.45, 7) is 7.79. The van der Waals surface area contributed by atoms with Crippen LogP contribution in [0.3, 0.4) is 0 Å². The minimum atomic E-state index is -0.563. The molecule has 118 valence electrons. The molecule has 0 aliphatic carbocycles. The number of nitrogens with zero attached hydrogens (tertiary/aromatic N) is 1. The van der Waals surface area contributed by atoms with Gasteiger partial charge in [0.25, 0.3) is 0 Å². The number of benzene rings is 1. The van der Waals surface area contributed by atoms with Crippen LogP contribution in [0.5, 0.6) is 5.75 Å². The molecule has 0 aromatic heterocycles. The summed E-state index contributed by atoms with van der Waals surface area (Å²) >= 11 is 0. The van der Waals surface area contributed by atoms with Crippen LogP contribution in [0.25, 0.3) is 0 Å². The molecule has 0 saturated heterocycles. The molecule has 0 atom stereocenters. The largest absolute Gasteiger partial charge is 0.508 e. The molecule has 5 heteroatoms. The van der Waals surface area contributed by atoms with E-state index in [0.717, 1.165) is 11.1 Å². The number of hydrogen-bond donors (Lipinski definition) is 2. The van der Waals surface area contributed by atoms with E-state index in [2.05, 4.69) is 0 Å². The Morgan fingerprint density at radius 1 is 1.29 bits per heavy atom. The standard InChI is InChI=1S/C16H25NO4/c1-12-5-6-13(11-14(12)19)7-8-17(9-10-18)15(20)21-16(2,3)4/h5-6,11,18-19H,7-10H2,1-4H3. The van der Waals surface area contributed by atoms with Gasteiger partial charge >= 0.3 is 6.09 Å². The first-order chi connectivity index (χ1) is 9.73. The van der Waals surface area contributed by atoms with Gasteiger partial charge in [-0.15, -0.1) is 0 Å². The molecule has 0 fully saturated rings. The molecule has 1 amide bonds. The summed E-state index contributed by atoms with van der Waals surface area (Å²) in [5.41, 5.74) is 1.19. The third-order valence-corrected chi connectivity index (χ3v) is 2.97. The maximum absolute atomic E-state index is 12.0. The van der Waals surface area contributed by atoms with Crippen LogP contribution in [0.15, 0.2) is 18.2 Å². The Morgan fingerprint density at radius 3 is 2.48 bits per heavy atom. The third kappa shape index (κ3) is 6.04. The van der Waals surface area contributed by atoms with Crippen molar-refractivity contribution in [2.24, 2.45) is 0 Å². The maximum Gasteiger partial charge on any atom is 0.410 e. The van der Waals surface area contributed by atoms with Gasteiger partial charge in [-0.25, -0.2) is 4.79 Å². The molecule has 1 rings (SSSR count). The second-order valence-corrected chi connectivity index (χ2v) is 6.06. The summed E-state index contributed by atoms with van der Waals surface area (Å²) in [4.78, 5) is 13.5. The van der Waals surface area contributed by atoms with E-state index in [1.165, 1.54) is 4.90 Å². The highest BCUT2D eigenvalue weighted by molar-refractivity contribution is 5.68. The molecular formula is C16H25NO4. The SMILES string of the molecule is Cc1ccc(CCN(CCO)C(=O)OC(C)(C)C)cc1O. The fraction of sp³-hybridized carbons (Fsp3) is 0.562. The van der Waals surface area contributed by atoms with Crippen LogP contribution in [0, 0.1) is 6.92 Å². The number of rotatable bonds is 5. The number of amides is 1. The van der Waals surface area contributed by atoms with Crippen LogP contribution in [-0.2, 0) is 11.2 Å². The molecule has 1 aromatic rings. The Morgan fingerprint density at radius 2 is 1.95 bits per heavy atom. The van der Waals surface area contributed by atoms with E-state index in [-0.39, 0.29) is 18.9 Å². The topological polar surface area (TPSA) is 70.0 Å². The lowest BCUT2D eigenvalue weighted by Crippen LogP contribution is -2.39. The number of carbonyl (C=O) groups is 1. The van der Waals surface area contributed by atoms with Crippen molar-refractivity contribution in [1.82, 2.24) is 4.90 Å². The van der Waals surface area contributed by atoms with Gasteiger partial charge in [0.1, 0.15) is 11.4 Å². The number of hydrogen-bond acceptors (Lipinski definition) is 4. The van der Waals surface area contributed by atoms with E-state index in [1.54, 1.807) is 26.8 Å². The minimum absolute atomic E-state index is 0.113. The van der Waals surface area contributed by atoms with Crippen molar-refractivity contribution < 1.29 is 19.7 Å². The fourth-order valence-corrected chi connectivity index (χ4v) is 1.82. The number of ether oxygens (including phenoxy) is 1. The lowest BCUT2D eigenvalue weighted by molar-refractivity contribution is 0.0221. The predicted molar refractivity (Wildman–Crippen MR) is 81.4 cm³/mol. The first-order valence-electron chi connectivity index (χ1n) is 7.10. The Labute approximate surface area is 126 Å². The highest BCUT2D eigenvalue weighted by Gasteiger charge is 2.21. The molecule has 0 spiro atoms. The van der Waals surface area contributed by atoms with E-state index < -0.39 is 11.7 Å². The Kier molecular flexibility index (Phi) is 6.03. The maximum atomic E-state index is 12.0. The van der Waals surface area contributed by atoms with Gasteiger partial charge in [0.2, 0.25) is 0 Å². The van der Waals surface area contributed by atoms with Gasteiger partial charge in [0.15, 0.2) is 0 Å². The summed E-state index contributed by atoms with van der Waals surface area (Å²) in [5, 5.41) is 18.8. The molecule has 2 N–H and O–H groups in total. The van der Waals surface area contributed by atoms with Crippen molar-refractivity contribution in [3.63, 3.8) is 0 Å². The van der Waals surface area contributed by atoms with Gasteiger partial charge < -0.3 is 19.8 Å². The average Bonchev–Trinajstić information content (AvgIpc) is 2.36. The molecule has 0 saturated carbocycles.